The van der Waals surface area contributed by atoms with Gasteiger partial charge >= 0.3 is 0 Å². The molecule has 0 aliphatic carbocycles. The molecular formula is C14H21N3O4. The van der Waals surface area contributed by atoms with Crippen LogP contribution in [0.15, 0.2) is 18.3 Å². The number of hydrogen-bond acceptors (Lipinski definition) is 6. The van der Waals surface area contributed by atoms with E-state index in [1.165, 1.54) is 6.20 Å². The van der Waals surface area contributed by atoms with Gasteiger partial charge in [-0.2, -0.15) is 0 Å². The predicted octanol–water partition coefficient (Wildman–Crippen LogP) is -0.754. The second kappa shape index (κ2) is 6.84. The second-order valence-corrected chi connectivity index (χ2v) is 5.37. The first-order chi connectivity index (χ1) is 9.99. The molecule has 0 bridgehead atoms. The van der Waals surface area contributed by atoms with Crippen LogP contribution >= 0.6 is 0 Å². The first kappa shape index (κ1) is 15.7. The SMILES string of the molecule is CN(C)c1ccc(C(=O)NC[C@@H]2COC[C@@H](O)[C@H]2O)cn1. The lowest BCUT2D eigenvalue weighted by atomic mass is 9.96. The van der Waals surface area contributed by atoms with Gasteiger partial charge in [-0.15, -0.1) is 0 Å². The Labute approximate surface area is 123 Å². The van der Waals surface area contributed by atoms with E-state index in [9.17, 15) is 15.0 Å². The number of rotatable bonds is 4. The molecule has 2 heterocycles. The van der Waals surface area contributed by atoms with Gasteiger partial charge in [0.15, 0.2) is 0 Å². The van der Waals surface area contributed by atoms with E-state index >= 15 is 0 Å². The average Bonchev–Trinajstić information content (AvgIpc) is 2.48. The molecule has 0 aromatic carbocycles. The topological polar surface area (TPSA) is 94.9 Å². The van der Waals surface area contributed by atoms with Gasteiger partial charge in [0.1, 0.15) is 11.9 Å². The summed E-state index contributed by atoms with van der Waals surface area (Å²) in [6, 6.07) is 3.46. The molecule has 0 spiro atoms. The van der Waals surface area contributed by atoms with Crippen LogP contribution in [0.5, 0.6) is 0 Å². The quantitative estimate of drug-likeness (QED) is 0.676. The first-order valence-corrected chi connectivity index (χ1v) is 6.84. The third-order valence-electron chi connectivity index (χ3n) is 3.49. The summed E-state index contributed by atoms with van der Waals surface area (Å²) >= 11 is 0. The molecule has 7 heteroatoms. The summed E-state index contributed by atoms with van der Waals surface area (Å²) in [4.78, 5) is 18.0. The van der Waals surface area contributed by atoms with Gasteiger partial charge in [-0.1, -0.05) is 0 Å². The zero-order chi connectivity index (χ0) is 15.4. The molecule has 3 atom stereocenters. The molecule has 116 valence electrons. The lowest BCUT2D eigenvalue weighted by Gasteiger charge is -2.31. The largest absolute Gasteiger partial charge is 0.390 e. The van der Waals surface area contributed by atoms with E-state index < -0.39 is 12.2 Å². The lowest BCUT2D eigenvalue weighted by molar-refractivity contribution is -0.118. The number of nitrogens with one attached hydrogen (secondary N) is 1. The third kappa shape index (κ3) is 3.90. The number of aliphatic hydroxyl groups excluding tert-OH is 2. The monoisotopic (exact) mass is 295 g/mol. The molecule has 1 aromatic rings. The van der Waals surface area contributed by atoms with Gasteiger partial charge in [0.05, 0.1) is 24.9 Å². The van der Waals surface area contributed by atoms with Crippen LogP contribution in [0, 0.1) is 5.92 Å². The molecule has 1 amide bonds. The van der Waals surface area contributed by atoms with Gasteiger partial charge in [-0.05, 0) is 12.1 Å². The normalized spacial score (nSPS) is 25.4. The number of amides is 1. The van der Waals surface area contributed by atoms with Gasteiger partial charge in [-0.3, -0.25) is 4.79 Å². The van der Waals surface area contributed by atoms with Crippen LogP contribution in [-0.2, 0) is 4.74 Å². The summed E-state index contributed by atoms with van der Waals surface area (Å²) in [7, 11) is 3.75. The molecule has 1 saturated heterocycles. The van der Waals surface area contributed by atoms with Crippen molar-refractivity contribution in [3.63, 3.8) is 0 Å². The maximum absolute atomic E-state index is 12.0. The van der Waals surface area contributed by atoms with E-state index in [0.717, 1.165) is 5.82 Å². The number of aromatic nitrogens is 1. The van der Waals surface area contributed by atoms with Crippen molar-refractivity contribution in [2.75, 3.05) is 38.8 Å². The number of ether oxygens (including phenoxy) is 1. The van der Waals surface area contributed by atoms with Crippen molar-refractivity contribution >= 4 is 11.7 Å². The summed E-state index contributed by atoms with van der Waals surface area (Å²) in [6.07, 6.45) is -0.275. The number of carbonyl (C=O) groups is 1. The Balaban J connectivity index is 1.89. The van der Waals surface area contributed by atoms with E-state index in [4.69, 9.17) is 4.74 Å². The third-order valence-corrected chi connectivity index (χ3v) is 3.49. The fourth-order valence-electron chi connectivity index (χ4n) is 2.14. The summed E-state index contributed by atoms with van der Waals surface area (Å²) in [5.41, 5.74) is 0.451. The smallest absolute Gasteiger partial charge is 0.252 e. The zero-order valence-corrected chi connectivity index (χ0v) is 12.2. The molecule has 21 heavy (non-hydrogen) atoms. The highest BCUT2D eigenvalue weighted by atomic mass is 16.5. The molecular weight excluding hydrogens is 274 g/mol. The molecule has 3 N–H and O–H groups in total. The molecule has 0 saturated carbocycles. The van der Waals surface area contributed by atoms with Crippen molar-refractivity contribution in [2.24, 2.45) is 5.92 Å². The van der Waals surface area contributed by atoms with Crippen molar-refractivity contribution in [3.8, 4) is 0 Å². The highest BCUT2D eigenvalue weighted by molar-refractivity contribution is 5.94. The van der Waals surface area contributed by atoms with Crippen molar-refractivity contribution < 1.29 is 19.7 Å². The molecule has 0 radical (unpaired) electrons. The summed E-state index contributed by atoms with van der Waals surface area (Å²) in [6.45, 7) is 0.685. The number of pyridine rings is 1. The number of nitrogens with zero attached hydrogens (tertiary/aromatic N) is 2. The number of hydrogen-bond donors (Lipinski definition) is 3. The fourth-order valence-corrected chi connectivity index (χ4v) is 2.14. The molecule has 1 aliphatic rings. The molecule has 1 aliphatic heterocycles. The average molecular weight is 295 g/mol. The minimum atomic E-state index is -0.901. The molecule has 0 unspecified atom stereocenters. The fraction of sp³-hybridized carbons (Fsp3) is 0.571. The highest BCUT2D eigenvalue weighted by Gasteiger charge is 2.31. The molecule has 2 rings (SSSR count). The Bertz CT molecular complexity index is 478. The summed E-state index contributed by atoms with van der Waals surface area (Å²) in [5, 5.41) is 22.1. The van der Waals surface area contributed by atoms with E-state index in [1.807, 2.05) is 19.0 Å². The van der Waals surface area contributed by atoms with Gasteiger partial charge in [0.25, 0.3) is 5.91 Å². The predicted molar refractivity (Wildman–Crippen MR) is 77.2 cm³/mol. The standard InChI is InChI=1S/C14H21N3O4/c1-17(2)12-4-3-9(5-15-12)14(20)16-6-10-7-21-8-11(18)13(10)19/h3-5,10-11,13,18-19H,6-8H2,1-2H3,(H,16,20)/t10-,11-,13+/m1/s1. The number of aliphatic hydroxyl groups is 2. The van der Waals surface area contributed by atoms with Crippen LogP contribution in [0.25, 0.3) is 0 Å². The van der Waals surface area contributed by atoms with Crippen LogP contribution in [0.2, 0.25) is 0 Å². The zero-order valence-electron chi connectivity index (χ0n) is 12.2. The molecule has 7 nitrogen and oxygen atoms in total. The minimum absolute atomic E-state index is 0.127. The van der Waals surface area contributed by atoms with E-state index in [2.05, 4.69) is 10.3 Å². The Hall–Kier alpha value is -1.70. The Morgan fingerprint density at radius 1 is 1.43 bits per heavy atom. The van der Waals surface area contributed by atoms with Crippen LogP contribution in [0.4, 0.5) is 5.82 Å². The van der Waals surface area contributed by atoms with Crippen molar-refractivity contribution in [1.29, 1.82) is 0 Å². The lowest BCUT2D eigenvalue weighted by Crippen LogP contribution is -2.48. The summed E-state index contributed by atoms with van der Waals surface area (Å²) in [5.74, 6) is 0.192. The summed E-state index contributed by atoms with van der Waals surface area (Å²) < 4.78 is 5.17. The van der Waals surface area contributed by atoms with Crippen molar-refractivity contribution in [1.82, 2.24) is 10.3 Å². The van der Waals surface area contributed by atoms with Crippen LogP contribution in [-0.4, -0.2) is 67.2 Å². The Morgan fingerprint density at radius 2 is 2.19 bits per heavy atom. The number of carbonyl (C=O) groups excluding carboxylic acids is 1. The van der Waals surface area contributed by atoms with Gasteiger partial charge < -0.3 is 25.2 Å². The Morgan fingerprint density at radius 3 is 2.81 bits per heavy atom. The highest BCUT2D eigenvalue weighted by Crippen LogP contribution is 2.15. The van der Waals surface area contributed by atoms with Crippen LogP contribution in [0.1, 0.15) is 10.4 Å². The van der Waals surface area contributed by atoms with E-state index in [0.29, 0.717) is 12.2 Å². The van der Waals surface area contributed by atoms with Gasteiger partial charge in [-0.25, -0.2) is 4.98 Å². The van der Waals surface area contributed by atoms with Crippen molar-refractivity contribution in [2.45, 2.75) is 12.2 Å². The molecule has 1 aromatic heterocycles. The first-order valence-electron chi connectivity index (χ1n) is 6.84. The van der Waals surface area contributed by atoms with Crippen molar-refractivity contribution in [3.05, 3.63) is 23.9 Å². The van der Waals surface area contributed by atoms with E-state index in [1.54, 1.807) is 12.1 Å². The maximum atomic E-state index is 12.0. The van der Waals surface area contributed by atoms with Crippen LogP contribution < -0.4 is 10.2 Å². The maximum Gasteiger partial charge on any atom is 0.252 e. The van der Waals surface area contributed by atoms with Gasteiger partial charge in [0.2, 0.25) is 0 Å². The Kier molecular flexibility index (Phi) is 5.11. The van der Waals surface area contributed by atoms with Gasteiger partial charge in [0, 0.05) is 32.8 Å². The molecule has 1 fully saturated rings. The van der Waals surface area contributed by atoms with E-state index in [-0.39, 0.29) is 25.0 Å². The number of anilines is 1. The minimum Gasteiger partial charge on any atom is -0.390 e. The second-order valence-electron chi connectivity index (χ2n) is 5.37. The van der Waals surface area contributed by atoms with Crippen LogP contribution in [0.3, 0.4) is 0 Å².